The lowest BCUT2D eigenvalue weighted by atomic mass is 10.2. The maximum absolute atomic E-state index is 13.0. The van der Waals surface area contributed by atoms with Crippen LogP contribution in [0.5, 0.6) is 0 Å². The molecule has 1 unspecified atom stereocenters. The quantitative estimate of drug-likeness (QED) is 0.371. The highest BCUT2D eigenvalue weighted by Crippen LogP contribution is 2.22. The lowest BCUT2D eigenvalue weighted by Gasteiger charge is -2.11. The maximum Gasteiger partial charge on any atom is 0.295 e. The smallest absolute Gasteiger partial charge is 0.295 e. The molecule has 2 aromatic heterocycles. The number of anilines is 1. The third kappa shape index (κ3) is 3.91. The van der Waals surface area contributed by atoms with Crippen LogP contribution < -0.4 is 16.4 Å². The first-order chi connectivity index (χ1) is 14.9. The summed E-state index contributed by atoms with van der Waals surface area (Å²) in [6, 6.07) is 16.2. The van der Waals surface area contributed by atoms with Gasteiger partial charge in [0.1, 0.15) is 5.69 Å². The molecule has 0 aliphatic carbocycles. The third-order valence-electron chi connectivity index (χ3n) is 5.05. The summed E-state index contributed by atoms with van der Waals surface area (Å²) in [4.78, 5) is 45.2. The summed E-state index contributed by atoms with van der Waals surface area (Å²) in [6.45, 7) is 3.47. The first kappa shape index (κ1) is 20.7. The minimum absolute atomic E-state index is 0.226. The molecule has 1 amide bonds. The molecule has 4 aromatic rings. The second-order valence-corrected chi connectivity index (χ2v) is 8.40. The van der Waals surface area contributed by atoms with Crippen molar-refractivity contribution in [1.82, 2.24) is 19.3 Å². The topological polar surface area (TPSA) is 102 Å². The minimum Gasteiger partial charge on any atom is -0.319 e. The van der Waals surface area contributed by atoms with Crippen LogP contribution in [0.4, 0.5) is 5.69 Å². The van der Waals surface area contributed by atoms with Crippen molar-refractivity contribution in [1.29, 1.82) is 0 Å². The van der Waals surface area contributed by atoms with E-state index in [0.717, 1.165) is 11.8 Å². The predicted octanol–water partition coefficient (Wildman–Crippen LogP) is 2.84. The minimum atomic E-state index is -0.589. The number of thioether (sulfide) groups is 1. The van der Waals surface area contributed by atoms with E-state index in [2.05, 4.69) is 15.3 Å². The van der Waals surface area contributed by atoms with Gasteiger partial charge in [0, 0.05) is 7.05 Å². The zero-order chi connectivity index (χ0) is 22.1. The number of fused-ring (bicyclic) bond motifs is 1. The summed E-state index contributed by atoms with van der Waals surface area (Å²) in [5, 5.41) is 2.99. The fraction of sp³-hybridized carbons (Fsp3) is 0.182. The number of nitrogens with zero attached hydrogens (tertiary/aromatic N) is 3. The standard InChI is InChI=1S/C22H21N5O3S/c1-13-18(21(30)27(26(13)3)15-9-5-4-6-10-15)24-19(28)14(2)31-22-23-17-12-8-7-11-16(17)20(29)25-22/h4-12,14H,1-3H3,(H,24,28)(H,23,25,29). The monoisotopic (exact) mass is 435 g/mol. The Morgan fingerprint density at radius 2 is 1.77 bits per heavy atom. The van der Waals surface area contributed by atoms with E-state index in [4.69, 9.17) is 0 Å². The number of para-hydroxylation sites is 2. The summed E-state index contributed by atoms with van der Waals surface area (Å²) in [5.74, 6) is -0.355. The molecule has 2 N–H and O–H groups in total. The van der Waals surface area contributed by atoms with Gasteiger partial charge in [-0.2, -0.15) is 0 Å². The zero-order valence-electron chi connectivity index (χ0n) is 17.2. The van der Waals surface area contributed by atoms with Gasteiger partial charge in [0.05, 0.1) is 27.5 Å². The summed E-state index contributed by atoms with van der Waals surface area (Å²) in [6.07, 6.45) is 0. The van der Waals surface area contributed by atoms with Gasteiger partial charge in [-0.05, 0) is 38.1 Å². The highest BCUT2D eigenvalue weighted by Gasteiger charge is 2.22. The molecule has 158 valence electrons. The van der Waals surface area contributed by atoms with Gasteiger partial charge in [-0.3, -0.25) is 19.1 Å². The number of hydrogen-bond donors (Lipinski definition) is 2. The van der Waals surface area contributed by atoms with Gasteiger partial charge in [-0.1, -0.05) is 42.1 Å². The molecule has 0 fully saturated rings. The summed E-state index contributed by atoms with van der Waals surface area (Å²) < 4.78 is 3.21. The van der Waals surface area contributed by atoms with Crippen LogP contribution in [0.2, 0.25) is 0 Å². The Morgan fingerprint density at radius 1 is 1.10 bits per heavy atom. The second-order valence-electron chi connectivity index (χ2n) is 7.07. The first-order valence-corrected chi connectivity index (χ1v) is 10.6. The second kappa shape index (κ2) is 8.27. The molecule has 0 spiro atoms. The molecule has 2 heterocycles. The number of benzene rings is 2. The first-order valence-electron chi connectivity index (χ1n) is 9.67. The van der Waals surface area contributed by atoms with Crippen LogP contribution in [0.25, 0.3) is 16.6 Å². The van der Waals surface area contributed by atoms with Crippen LogP contribution in [0.1, 0.15) is 12.6 Å². The van der Waals surface area contributed by atoms with Crippen molar-refractivity contribution in [3.8, 4) is 5.69 Å². The number of aromatic nitrogens is 4. The van der Waals surface area contributed by atoms with Crippen LogP contribution in [0.15, 0.2) is 69.3 Å². The van der Waals surface area contributed by atoms with Gasteiger partial charge in [0.2, 0.25) is 5.91 Å². The normalized spacial score (nSPS) is 12.1. The van der Waals surface area contributed by atoms with Crippen LogP contribution in [-0.2, 0) is 11.8 Å². The van der Waals surface area contributed by atoms with Gasteiger partial charge in [-0.25, -0.2) is 9.67 Å². The van der Waals surface area contributed by atoms with Crippen LogP contribution in [0.3, 0.4) is 0 Å². The van der Waals surface area contributed by atoms with E-state index in [1.807, 2.05) is 30.3 Å². The zero-order valence-corrected chi connectivity index (χ0v) is 18.1. The Kier molecular flexibility index (Phi) is 5.51. The molecule has 1 atom stereocenters. The molecule has 0 saturated carbocycles. The highest BCUT2D eigenvalue weighted by atomic mass is 32.2. The number of nitrogens with one attached hydrogen (secondary N) is 2. The largest absolute Gasteiger partial charge is 0.319 e. The van der Waals surface area contributed by atoms with Gasteiger partial charge in [0.15, 0.2) is 5.16 Å². The van der Waals surface area contributed by atoms with Gasteiger partial charge < -0.3 is 10.3 Å². The number of amides is 1. The van der Waals surface area contributed by atoms with Crippen molar-refractivity contribution in [2.24, 2.45) is 7.05 Å². The number of aromatic amines is 1. The predicted molar refractivity (Wildman–Crippen MR) is 122 cm³/mol. The van der Waals surface area contributed by atoms with E-state index in [1.54, 1.807) is 49.8 Å². The molecular weight excluding hydrogens is 414 g/mol. The molecule has 0 radical (unpaired) electrons. The Labute approximate surface area is 181 Å². The molecule has 2 aromatic carbocycles. The van der Waals surface area contributed by atoms with Gasteiger partial charge in [-0.15, -0.1) is 0 Å². The Hall–Kier alpha value is -3.59. The number of carbonyl (C=O) groups is 1. The fourth-order valence-corrected chi connectivity index (χ4v) is 4.08. The molecule has 31 heavy (non-hydrogen) atoms. The van der Waals surface area contributed by atoms with Crippen molar-refractivity contribution < 1.29 is 4.79 Å². The Morgan fingerprint density at radius 3 is 2.52 bits per heavy atom. The Balaban J connectivity index is 1.58. The van der Waals surface area contributed by atoms with E-state index < -0.39 is 5.25 Å². The summed E-state index contributed by atoms with van der Waals surface area (Å²) >= 11 is 1.12. The molecule has 8 nitrogen and oxygen atoms in total. The average molecular weight is 436 g/mol. The van der Waals surface area contributed by atoms with E-state index in [1.165, 1.54) is 4.68 Å². The molecular formula is C22H21N5O3S. The van der Waals surface area contributed by atoms with Gasteiger partial charge in [0.25, 0.3) is 11.1 Å². The maximum atomic E-state index is 13.0. The number of carbonyl (C=O) groups excluding carboxylic acids is 1. The average Bonchev–Trinajstić information content (AvgIpc) is 2.97. The molecule has 0 aliphatic rings. The molecule has 0 bridgehead atoms. The molecule has 0 saturated heterocycles. The van der Waals surface area contributed by atoms with Crippen molar-refractivity contribution >= 4 is 34.3 Å². The lowest BCUT2D eigenvalue weighted by molar-refractivity contribution is -0.115. The van der Waals surface area contributed by atoms with Gasteiger partial charge >= 0.3 is 0 Å². The fourth-order valence-electron chi connectivity index (χ4n) is 3.28. The van der Waals surface area contributed by atoms with E-state index in [9.17, 15) is 14.4 Å². The molecule has 9 heteroatoms. The number of H-pyrrole nitrogens is 1. The van der Waals surface area contributed by atoms with Crippen molar-refractivity contribution in [2.75, 3.05) is 5.32 Å². The number of hydrogen-bond acceptors (Lipinski definition) is 5. The van der Waals surface area contributed by atoms with Crippen molar-refractivity contribution in [3.63, 3.8) is 0 Å². The highest BCUT2D eigenvalue weighted by molar-refractivity contribution is 8.00. The van der Waals surface area contributed by atoms with Crippen molar-refractivity contribution in [3.05, 3.63) is 81.0 Å². The van der Waals surface area contributed by atoms with Crippen LogP contribution in [0, 0.1) is 6.92 Å². The number of rotatable bonds is 5. The molecule has 4 rings (SSSR count). The molecule has 0 aliphatic heterocycles. The van der Waals surface area contributed by atoms with Crippen LogP contribution >= 0.6 is 11.8 Å². The third-order valence-corrected chi connectivity index (χ3v) is 6.04. The lowest BCUT2D eigenvalue weighted by Crippen LogP contribution is -2.27. The Bertz CT molecular complexity index is 1390. The van der Waals surface area contributed by atoms with E-state index >= 15 is 0 Å². The van der Waals surface area contributed by atoms with Crippen molar-refractivity contribution in [2.45, 2.75) is 24.3 Å². The van der Waals surface area contributed by atoms with Crippen LogP contribution in [-0.4, -0.2) is 30.5 Å². The summed E-state index contributed by atoms with van der Waals surface area (Å²) in [7, 11) is 1.77. The van der Waals surface area contributed by atoms with E-state index in [0.29, 0.717) is 27.4 Å². The SMILES string of the molecule is Cc1c(NC(=O)C(C)Sc2nc3ccccc3c(=O)[nH]2)c(=O)n(-c2ccccc2)n1C. The van der Waals surface area contributed by atoms with E-state index in [-0.39, 0.29) is 22.7 Å². The summed E-state index contributed by atoms with van der Waals surface area (Å²) in [5.41, 5.74) is 1.56.